The zero-order chi connectivity index (χ0) is 20.2. The first-order chi connectivity index (χ1) is 12.6. The molecule has 2 aromatic rings. The SMILES string of the molecule is CC(C)(C)n1ncc(OCc2ccc(C(N)(N)OCCO)cc2)c(Cl)c1=O. The molecule has 0 saturated carbocycles. The van der Waals surface area contributed by atoms with Gasteiger partial charge in [0, 0.05) is 5.56 Å². The maximum absolute atomic E-state index is 12.3. The third-order valence-electron chi connectivity index (χ3n) is 3.75. The molecule has 8 nitrogen and oxygen atoms in total. The maximum atomic E-state index is 12.3. The number of hydrogen-bond donors (Lipinski definition) is 3. The van der Waals surface area contributed by atoms with Crippen molar-refractivity contribution in [2.45, 2.75) is 38.8 Å². The van der Waals surface area contributed by atoms with Crippen LogP contribution in [0.2, 0.25) is 5.02 Å². The summed E-state index contributed by atoms with van der Waals surface area (Å²) < 4.78 is 12.2. The van der Waals surface area contributed by atoms with Crippen LogP contribution >= 0.6 is 11.6 Å². The van der Waals surface area contributed by atoms with Crippen molar-refractivity contribution in [2.75, 3.05) is 13.2 Å². The average molecular weight is 397 g/mol. The fourth-order valence-corrected chi connectivity index (χ4v) is 2.50. The van der Waals surface area contributed by atoms with Crippen LogP contribution in [0.25, 0.3) is 0 Å². The lowest BCUT2D eigenvalue weighted by atomic mass is 10.1. The van der Waals surface area contributed by atoms with Gasteiger partial charge >= 0.3 is 0 Å². The molecule has 0 aliphatic rings. The molecule has 148 valence electrons. The average Bonchev–Trinajstić information content (AvgIpc) is 2.60. The second-order valence-corrected chi connectivity index (χ2v) is 7.44. The van der Waals surface area contributed by atoms with Crippen LogP contribution in [-0.4, -0.2) is 28.1 Å². The standard InChI is InChI=1S/C18H25ClN4O4/c1-17(2,3)23-16(25)15(19)14(10-22-23)26-11-12-4-6-13(7-5-12)18(20,21)27-9-8-24/h4-7,10,24H,8-9,11,20-21H2,1-3H3. The number of aliphatic hydroxyl groups excluding tert-OH is 1. The first-order valence-electron chi connectivity index (χ1n) is 8.39. The number of nitrogens with two attached hydrogens (primary N) is 2. The number of benzene rings is 1. The van der Waals surface area contributed by atoms with E-state index in [0.29, 0.717) is 5.56 Å². The number of hydrogen-bond acceptors (Lipinski definition) is 7. The van der Waals surface area contributed by atoms with Crippen LogP contribution in [-0.2, 0) is 22.7 Å². The second kappa shape index (κ2) is 8.37. The van der Waals surface area contributed by atoms with E-state index in [4.69, 9.17) is 37.6 Å². The second-order valence-electron chi connectivity index (χ2n) is 7.06. The molecule has 0 aliphatic carbocycles. The van der Waals surface area contributed by atoms with Gasteiger partial charge in [-0.2, -0.15) is 5.10 Å². The van der Waals surface area contributed by atoms with Crippen LogP contribution in [0.3, 0.4) is 0 Å². The Hall–Kier alpha value is -1.97. The highest BCUT2D eigenvalue weighted by molar-refractivity contribution is 6.31. The lowest BCUT2D eigenvalue weighted by Gasteiger charge is -2.25. The van der Waals surface area contributed by atoms with Gasteiger partial charge in [0.05, 0.1) is 24.9 Å². The van der Waals surface area contributed by atoms with Crippen LogP contribution in [0.1, 0.15) is 31.9 Å². The molecule has 1 aromatic heterocycles. The molecule has 2 rings (SSSR count). The van der Waals surface area contributed by atoms with Gasteiger partial charge in [-0.3, -0.25) is 16.3 Å². The lowest BCUT2D eigenvalue weighted by Crippen LogP contribution is -2.49. The van der Waals surface area contributed by atoms with Gasteiger partial charge in [-0.15, -0.1) is 0 Å². The number of aliphatic hydroxyl groups is 1. The van der Waals surface area contributed by atoms with Crippen molar-refractivity contribution in [1.82, 2.24) is 9.78 Å². The van der Waals surface area contributed by atoms with E-state index in [1.54, 1.807) is 24.3 Å². The Bertz CT molecular complexity index is 829. The van der Waals surface area contributed by atoms with Crippen molar-refractivity contribution in [3.63, 3.8) is 0 Å². The summed E-state index contributed by atoms with van der Waals surface area (Å²) in [6.07, 6.45) is 1.43. The predicted molar refractivity (Wildman–Crippen MR) is 102 cm³/mol. The molecule has 0 unspecified atom stereocenters. The summed E-state index contributed by atoms with van der Waals surface area (Å²) in [7, 11) is 0. The van der Waals surface area contributed by atoms with Crippen LogP contribution < -0.4 is 21.8 Å². The third kappa shape index (κ3) is 5.27. The quantitative estimate of drug-likeness (QED) is 0.601. The molecule has 0 bridgehead atoms. The van der Waals surface area contributed by atoms with Crippen LogP contribution in [0.4, 0.5) is 0 Å². The molecule has 5 N–H and O–H groups in total. The summed E-state index contributed by atoms with van der Waals surface area (Å²) in [5, 5.41) is 12.9. The van der Waals surface area contributed by atoms with Crippen molar-refractivity contribution in [1.29, 1.82) is 0 Å². The molecule has 0 fully saturated rings. The topological polar surface area (TPSA) is 126 Å². The van der Waals surface area contributed by atoms with Gasteiger partial charge in [0.2, 0.25) is 0 Å². The zero-order valence-corrected chi connectivity index (χ0v) is 16.4. The van der Waals surface area contributed by atoms with Crippen molar-refractivity contribution < 1.29 is 14.6 Å². The third-order valence-corrected chi connectivity index (χ3v) is 4.10. The minimum atomic E-state index is -1.49. The van der Waals surface area contributed by atoms with E-state index >= 15 is 0 Å². The molecule has 0 atom stereocenters. The number of rotatable bonds is 7. The molecule has 1 heterocycles. The van der Waals surface area contributed by atoms with Gasteiger partial charge < -0.3 is 14.6 Å². The minimum absolute atomic E-state index is 0.0168. The first-order valence-corrected chi connectivity index (χ1v) is 8.77. The summed E-state index contributed by atoms with van der Waals surface area (Å²) in [5.41, 5.74) is 12.2. The summed E-state index contributed by atoms with van der Waals surface area (Å²) >= 11 is 6.14. The number of aromatic nitrogens is 2. The van der Waals surface area contributed by atoms with E-state index in [1.165, 1.54) is 10.9 Å². The first kappa shape index (κ1) is 21.3. The zero-order valence-electron chi connectivity index (χ0n) is 15.6. The van der Waals surface area contributed by atoms with Gasteiger partial charge in [-0.25, -0.2) is 4.68 Å². The largest absolute Gasteiger partial charge is 0.485 e. The number of nitrogens with zero attached hydrogens (tertiary/aromatic N) is 2. The van der Waals surface area contributed by atoms with Crippen molar-refractivity contribution >= 4 is 11.6 Å². The fourth-order valence-electron chi connectivity index (χ4n) is 2.32. The summed E-state index contributed by atoms with van der Waals surface area (Å²) in [6.45, 7) is 5.62. The van der Waals surface area contributed by atoms with Gasteiger partial charge in [0.1, 0.15) is 6.61 Å². The Labute approximate surface area is 162 Å². The Kier molecular flexibility index (Phi) is 6.61. The predicted octanol–water partition coefficient (Wildman–Crippen LogP) is 1.27. The molecular formula is C18H25ClN4O4. The van der Waals surface area contributed by atoms with Crippen molar-refractivity contribution in [3.8, 4) is 5.75 Å². The smallest absolute Gasteiger partial charge is 0.289 e. The van der Waals surface area contributed by atoms with Crippen molar-refractivity contribution in [2.24, 2.45) is 11.5 Å². The maximum Gasteiger partial charge on any atom is 0.289 e. The van der Waals surface area contributed by atoms with E-state index in [2.05, 4.69) is 5.10 Å². The Morgan fingerprint density at radius 2 is 1.85 bits per heavy atom. The lowest BCUT2D eigenvalue weighted by molar-refractivity contribution is -0.0551. The van der Waals surface area contributed by atoms with Crippen LogP contribution in [0.15, 0.2) is 35.3 Å². The summed E-state index contributed by atoms with van der Waals surface area (Å²) in [5.74, 6) is -1.28. The van der Waals surface area contributed by atoms with Gasteiger partial charge in [0.25, 0.3) is 5.56 Å². The highest BCUT2D eigenvalue weighted by atomic mass is 35.5. The van der Waals surface area contributed by atoms with Gasteiger partial charge in [-0.05, 0) is 26.3 Å². The molecule has 0 aliphatic heterocycles. The molecule has 1 aromatic carbocycles. The normalized spacial score (nSPS) is 12.3. The highest BCUT2D eigenvalue weighted by Gasteiger charge is 2.22. The van der Waals surface area contributed by atoms with E-state index in [-0.39, 0.29) is 30.6 Å². The Morgan fingerprint density at radius 1 is 1.22 bits per heavy atom. The highest BCUT2D eigenvalue weighted by Crippen LogP contribution is 2.22. The molecular weight excluding hydrogens is 372 g/mol. The monoisotopic (exact) mass is 396 g/mol. The van der Waals surface area contributed by atoms with Crippen LogP contribution in [0.5, 0.6) is 5.75 Å². The molecule has 27 heavy (non-hydrogen) atoms. The van der Waals surface area contributed by atoms with E-state index in [9.17, 15) is 4.79 Å². The Morgan fingerprint density at radius 3 is 2.41 bits per heavy atom. The molecule has 0 radical (unpaired) electrons. The van der Waals surface area contributed by atoms with E-state index in [0.717, 1.165) is 5.56 Å². The fraction of sp³-hybridized carbons (Fsp3) is 0.444. The molecule has 0 amide bonds. The molecule has 0 saturated heterocycles. The molecule has 0 spiro atoms. The van der Waals surface area contributed by atoms with Gasteiger partial charge in [0.15, 0.2) is 16.6 Å². The van der Waals surface area contributed by atoms with E-state index < -0.39 is 16.9 Å². The van der Waals surface area contributed by atoms with Gasteiger partial charge in [-0.1, -0.05) is 35.9 Å². The Balaban J connectivity index is 2.09. The van der Waals surface area contributed by atoms with Crippen molar-refractivity contribution in [3.05, 3.63) is 57.0 Å². The number of halogens is 1. The van der Waals surface area contributed by atoms with Crippen LogP contribution in [0, 0.1) is 0 Å². The van der Waals surface area contributed by atoms with E-state index in [1.807, 2.05) is 20.8 Å². The summed E-state index contributed by atoms with van der Waals surface area (Å²) in [6, 6.07) is 6.94. The number of ether oxygens (including phenoxy) is 2. The summed E-state index contributed by atoms with van der Waals surface area (Å²) in [4.78, 5) is 12.3. The minimum Gasteiger partial charge on any atom is -0.485 e. The molecule has 9 heteroatoms.